The van der Waals surface area contributed by atoms with E-state index < -0.39 is 22.5 Å². The summed E-state index contributed by atoms with van der Waals surface area (Å²) in [5.41, 5.74) is 4.44. The Labute approximate surface area is 211 Å². The van der Waals surface area contributed by atoms with Gasteiger partial charge in [0.25, 0.3) is 10.0 Å². The van der Waals surface area contributed by atoms with E-state index in [1.807, 2.05) is 62.4 Å². The molecule has 4 rings (SSSR count). The zero-order valence-corrected chi connectivity index (χ0v) is 21.0. The lowest BCUT2D eigenvalue weighted by Gasteiger charge is -2.25. The molecule has 1 amide bonds. The van der Waals surface area contributed by atoms with E-state index in [0.29, 0.717) is 16.4 Å². The van der Waals surface area contributed by atoms with Gasteiger partial charge in [0, 0.05) is 16.3 Å². The summed E-state index contributed by atoms with van der Waals surface area (Å²) in [7, 11) is -4.04. The second-order valence-electron chi connectivity index (χ2n) is 8.22. The van der Waals surface area contributed by atoms with Crippen molar-refractivity contribution in [2.45, 2.75) is 18.7 Å². The topological polar surface area (TPSA) is 66.5 Å². The summed E-state index contributed by atoms with van der Waals surface area (Å²) in [4.78, 5) is 13.3. The second kappa shape index (κ2) is 10.3. The molecule has 0 aliphatic rings. The maximum absolute atomic E-state index is 13.6. The number of anilines is 2. The maximum atomic E-state index is 13.6. The zero-order valence-electron chi connectivity index (χ0n) is 19.4. The molecule has 0 saturated heterocycles. The van der Waals surface area contributed by atoms with Crippen LogP contribution in [-0.4, -0.2) is 20.9 Å². The third kappa shape index (κ3) is 5.56. The van der Waals surface area contributed by atoms with Gasteiger partial charge in [0.05, 0.1) is 10.6 Å². The van der Waals surface area contributed by atoms with Gasteiger partial charge < -0.3 is 5.32 Å². The van der Waals surface area contributed by atoms with E-state index in [0.717, 1.165) is 26.6 Å². The van der Waals surface area contributed by atoms with E-state index in [-0.39, 0.29) is 4.90 Å². The molecule has 0 saturated carbocycles. The van der Waals surface area contributed by atoms with Crippen molar-refractivity contribution in [1.82, 2.24) is 0 Å². The minimum Gasteiger partial charge on any atom is -0.324 e. The van der Waals surface area contributed by atoms with Gasteiger partial charge in [-0.25, -0.2) is 8.42 Å². The first kappa shape index (κ1) is 24.5. The largest absolute Gasteiger partial charge is 0.324 e. The van der Waals surface area contributed by atoms with Crippen LogP contribution in [-0.2, 0) is 14.8 Å². The number of amides is 1. The van der Waals surface area contributed by atoms with Crippen molar-refractivity contribution in [2.75, 3.05) is 16.2 Å². The fourth-order valence-corrected chi connectivity index (χ4v) is 5.26. The third-order valence-electron chi connectivity index (χ3n) is 5.63. The molecule has 35 heavy (non-hydrogen) atoms. The summed E-state index contributed by atoms with van der Waals surface area (Å²) in [6, 6.07) is 28.6. The number of carbonyl (C=O) groups is 1. The number of aryl methyl sites for hydroxylation is 2. The Morgan fingerprint density at radius 1 is 0.857 bits per heavy atom. The van der Waals surface area contributed by atoms with Gasteiger partial charge in [0.15, 0.2) is 0 Å². The maximum Gasteiger partial charge on any atom is 0.264 e. The van der Waals surface area contributed by atoms with E-state index in [1.54, 1.807) is 36.4 Å². The highest BCUT2D eigenvalue weighted by Crippen LogP contribution is 2.30. The lowest BCUT2D eigenvalue weighted by molar-refractivity contribution is -0.114. The highest BCUT2D eigenvalue weighted by atomic mass is 35.5. The van der Waals surface area contributed by atoms with E-state index in [2.05, 4.69) is 5.32 Å². The number of hydrogen-bond donors (Lipinski definition) is 1. The van der Waals surface area contributed by atoms with Crippen LogP contribution in [0.25, 0.3) is 11.1 Å². The van der Waals surface area contributed by atoms with Crippen LogP contribution < -0.4 is 9.62 Å². The Balaban J connectivity index is 1.69. The van der Waals surface area contributed by atoms with Crippen LogP contribution in [0.2, 0.25) is 5.02 Å². The summed E-state index contributed by atoms with van der Waals surface area (Å²) in [5, 5.41) is 3.31. The molecule has 0 atom stereocenters. The van der Waals surface area contributed by atoms with Crippen LogP contribution in [0, 0.1) is 13.8 Å². The highest BCUT2D eigenvalue weighted by molar-refractivity contribution is 7.92. The average molecular weight is 505 g/mol. The van der Waals surface area contributed by atoms with E-state index in [1.165, 1.54) is 12.1 Å². The van der Waals surface area contributed by atoms with Gasteiger partial charge in [-0.1, -0.05) is 83.9 Å². The summed E-state index contributed by atoms with van der Waals surface area (Å²) in [6.45, 7) is 3.29. The smallest absolute Gasteiger partial charge is 0.264 e. The Bertz CT molecular complexity index is 1450. The van der Waals surface area contributed by atoms with Gasteiger partial charge >= 0.3 is 0 Å². The van der Waals surface area contributed by atoms with E-state index >= 15 is 0 Å². The monoisotopic (exact) mass is 504 g/mol. The number of sulfonamides is 1. The fraction of sp³-hybridized carbons (Fsp3) is 0.107. The quantitative estimate of drug-likeness (QED) is 0.314. The van der Waals surface area contributed by atoms with E-state index in [4.69, 9.17) is 11.6 Å². The van der Waals surface area contributed by atoms with Crippen molar-refractivity contribution >= 4 is 38.9 Å². The summed E-state index contributed by atoms with van der Waals surface area (Å²) < 4.78 is 28.3. The lowest BCUT2D eigenvalue weighted by atomic mass is 10.0. The number of nitrogens with zero attached hydrogens (tertiary/aromatic N) is 1. The minimum atomic E-state index is -4.04. The number of nitrogens with one attached hydrogen (secondary N) is 1. The van der Waals surface area contributed by atoms with Crippen LogP contribution in [0.4, 0.5) is 11.4 Å². The first-order valence-corrected chi connectivity index (χ1v) is 12.9. The number of rotatable bonds is 7. The molecule has 4 aromatic rings. The van der Waals surface area contributed by atoms with E-state index in [9.17, 15) is 13.2 Å². The van der Waals surface area contributed by atoms with Crippen LogP contribution in [0.1, 0.15) is 11.1 Å². The van der Waals surface area contributed by atoms with Crippen LogP contribution >= 0.6 is 11.6 Å². The Morgan fingerprint density at radius 2 is 1.51 bits per heavy atom. The van der Waals surface area contributed by atoms with Gasteiger partial charge in [0.2, 0.25) is 5.91 Å². The molecule has 0 spiro atoms. The normalized spacial score (nSPS) is 11.2. The third-order valence-corrected chi connectivity index (χ3v) is 7.82. The van der Waals surface area contributed by atoms with Crippen LogP contribution in [0.15, 0.2) is 102 Å². The zero-order chi connectivity index (χ0) is 25.0. The Kier molecular flexibility index (Phi) is 7.24. The summed E-state index contributed by atoms with van der Waals surface area (Å²) in [6.07, 6.45) is 0. The molecule has 7 heteroatoms. The number of carbonyl (C=O) groups excluding carboxylic acids is 1. The molecular formula is C28H25ClN2O3S. The number of halogens is 1. The molecule has 0 aliphatic carbocycles. The molecule has 1 N–H and O–H groups in total. The molecule has 0 radical (unpaired) electrons. The Morgan fingerprint density at radius 3 is 2.20 bits per heavy atom. The summed E-state index contributed by atoms with van der Waals surface area (Å²) >= 11 is 6.31. The average Bonchev–Trinajstić information content (AvgIpc) is 2.85. The molecule has 178 valence electrons. The first-order valence-electron chi connectivity index (χ1n) is 11.1. The van der Waals surface area contributed by atoms with Crippen LogP contribution in [0.3, 0.4) is 0 Å². The molecule has 0 unspecified atom stereocenters. The minimum absolute atomic E-state index is 0.0947. The van der Waals surface area contributed by atoms with Gasteiger partial charge in [-0.3, -0.25) is 9.10 Å². The highest BCUT2D eigenvalue weighted by Gasteiger charge is 2.28. The molecular weight excluding hydrogens is 480 g/mol. The number of benzene rings is 4. The van der Waals surface area contributed by atoms with Gasteiger partial charge in [-0.15, -0.1) is 0 Å². The molecule has 0 heterocycles. The lowest BCUT2D eigenvalue weighted by Crippen LogP contribution is -2.38. The van der Waals surface area contributed by atoms with Crippen molar-refractivity contribution in [2.24, 2.45) is 0 Å². The first-order chi connectivity index (χ1) is 16.8. The van der Waals surface area contributed by atoms with Crippen molar-refractivity contribution in [1.29, 1.82) is 0 Å². The SMILES string of the molecule is Cc1ccc(S(=O)(=O)N(CC(=O)Nc2ccccc2-c2ccccc2)c2ccc(C)c(Cl)c2)cc1. The second-order valence-corrected chi connectivity index (χ2v) is 10.5. The molecule has 0 fully saturated rings. The molecule has 0 aliphatic heterocycles. The predicted molar refractivity (Wildman–Crippen MR) is 142 cm³/mol. The molecule has 4 aromatic carbocycles. The van der Waals surface area contributed by atoms with Gasteiger partial charge in [-0.2, -0.15) is 0 Å². The van der Waals surface area contributed by atoms with Crippen molar-refractivity contribution in [3.05, 3.63) is 113 Å². The van der Waals surface area contributed by atoms with Crippen molar-refractivity contribution in [3.63, 3.8) is 0 Å². The number of para-hydroxylation sites is 1. The van der Waals surface area contributed by atoms with Gasteiger partial charge in [0.1, 0.15) is 6.54 Å². The molecule has 5 nitrogen and oxygen atoms in total. The van der Waals surface area contributed by atoms with Gasteiger partial charge in [-0.05, 0) is 55.3 Å². The fourth-order valence-electron chi connectivity index (χ4n) is 3.67. The molecule has 0 aromatic heterocycles. The van der Waals surface area contributed by atoms with Crippen molar-refractivity contribution < 1.29 is 13.2 Å². The summed E-state index contributed by atoms with van der Waals surface area (Å²) in [5.74, 6) is -0.472. The van der Waals surface area contributed by atoms with Crippen LogP contribution in [0.5, 0.6) is 0 Å². The van der Waals surface area contributed by atoms with Crippen molar-refractivity contribution in [3.8, 4) is 11.1 Å². The predicted octanol–water partition coefficient (Wildman–Crippen LogP) is 6.46. The standard InChI is InChI=1S/C28H25ClN2O3S/c1-20-12-16-24(17-13-20)35(33,34)31(23-15-14-21(2)26(29)18-23)19-28(32)30-27-11-7-6-10-25(27)22-8-4-3-5-9-22/h3-18H,19H2,1-2H3,(H,30,32). The molecule has 0 bridgehead atoms. The Hall–Kier alpha value is -3.61. The number of hydrogen-bond acceptors (Lipinski definition) is 3.